The van der Waals surface area contributed by atoms with E-state index in [1.807, 2.05) is 36.7 Å². The average molecular weight is 638 g/mol. The van der Waals surface area contributed by atoms with Crippen molar-refractivity contribution in [3.63, 3.8) is 0 Å². The molecule has 0 aliphatic carbocycles. The van der Waals surface area contributed by atoms with Gasteiger partial charge in [0.1, 0.15) is 0 Å². The Labute approximate surface area is 291 Å². The number of hydrogen-bond donors (Lipinski definition) is 0. The quantitative estimate of drug-likeness (QED) is 0.182. The summed E-state index contributed by atoms with van der Waals surface area (Å²) in [4.78, 5) is 14.9. The molecule has 0 N–H and O–H groups in total. The van der Waals surface area contributed by atoms with Crippen LogP contribution >= 0.6 is 0 Å². The van der Waals surface area contributed by atoms with E-state index in [2.05, 4.69) is 157 Å². The molecule has 0 aliphatic heterocycles. The normalized spacial score (nSPS) is 11.2. The molecule has 0 aliphatic rings. The molecule has 3 heterocycles. The maximum absolute atomic E-state index is 5.23. The lowest BCUT2D eigenvalue weighted by Gasteiger charge is -2.14. The molecule has 9 rings (SSSR count). The van der Waals surface area contributed by atoms with Crippen LogP contribution in [0.25, 0.3) is 88.8 Å². The van der Waals surface area contributed by atoms with Crippen LogP contribution in [0.1, 0.15) is 0 Å². The van der Waals surface area contributed by atoms with Crippen molar-refractivity contribution >= 4 is 21.8 Å². The minimum atomic E-state index is 0.888. The molecular formula is C47H31N3. The van der Waals surface area contributed by atoms with Crippen molar-refractivity contribution in [2.24, 2.45) is 0 Å². The highest BCUT2D eigenvalue weighted by Crippen LogP contribution is 2.37. The van der Waals surface area contributed by atoms with Gasteiger partial charge in [0, 0.05) is 39.9 Å². The summed E-state index contributed by atoms with van der Waals surface area (Å²) in [5.41, 5.74) is 15.0. The molecule has 0 saturated heterocycles. The van der Waals surface area contributed by atoms with Crippen LogP contribution in [0.5, 0.6) is 0 Å². The fourth-order valence-corrected chi connectivity index (χ4v) is 6.72. The Morgan fingerprint density at radius 1 is 0.300 bits per heavy atom. The molecule has 0 bridgehead atoms. The van der Waals surface area contributed by atoms with Gasteiger partial charge in [0.05, 0.1) is 22.4 Å². The van der Waals surface area contributed by atoms with Crippen molar-refractivity contribution in [3.05, 3.63) is 188 Å². The van der Waals surface area contributed by atoms with Crippen molar-refractivity contribution in [1.82, 2.24) is 15.0 Å². The first-order chi connectivity index (χ1) is 24.7. The summed E-state index contributed by atoms with van der Waals surface area (Å²) in [6.45, 7) is 0. The van der Waals surface area contributed by atoms with E-state index in [1.165, 1.54) is 16.7 Å². The van der Waals surface area contributed by atoms with Gasteiger partial charge in [-0.05, 0) is 87.5 Å². The van der Waals surface area contributed by atoms with E-state index in [4.69, 9.17) is 9.97 Å². The summed E-state index contributed by atoms with van der Waals surface area (Å²) in [6, 6.07) is 61.8. The smallest absolute Gasteiger partial charge is 0.0718 e. The molecule has 0 amide bonds. The summed E-state index contributed by atoms with van der Waals surface area (Å²) in [5, 5.41) is 2.18. The lowest BCUT2D eigenvalue weighted by Crippen LogP contribution is -1.93. The zero-order valence-electron chi connectivity index (χ0n) is 27.2. The highest BCUT2D eigenvalue weighted by molar-refractivity contribution is 5.99. The predicted molar refractivity (Wildman–Crippen MR) is 207 cm³/mol. The maximum atomic E-state index is 5.23. The first-order valence-electron chi connectivity index (χ1n) is 16.8. The topological polar surface area (TPSA) is 38.7 Å². The Morgan fingerprint density at radius 3 is 1.60 bits per heavy atom. The number of para-hydroxylation sites is 1. The van der Waals surface area contributed by atoms with Gasteiger partial charge in [0.25, 0.3) is 0 Å². The van der Waals surface area contributed by atoms with E-state index in [0.717, 1.165) is 72.1 Å². The van der Waals surface area contributed by atoms with Crippen molar-refractivity contribution in [1.29, 1.82) is 0 Å². The third-order valence-corrected chi connectivity index (χ3v) is 9.34. The number of rotatable bonds is 6. The molecule has 0 spiro atoms. The summed E-state index contributed by atoms with van der Waals surface area (Å²) >= 11 is 0. The molecule has 6 aromatic carbocycles. The molecule has 0 saturated carbocycles. The van der Waals surface area contributed by atoms with Crippen LogP contribution < -0.4 is 0 Å². The van der Waals surface area contributed by atoms with Gasteiger partial charge in [-0.15, -0.1) is 0 Å². The van der Waals surface area contributed by atoms with Crippen LogP contribution in [0, 0.1) is 0 Å². The predicted octanol–water partition coefficient (Wildman–Crippen LogP) is 12.2. The zero-order chi connectivity index (χ0) is 33.3. The molecule has 9 aromatic rings. The largest absolute Gasteiger partial charge is 0.256 e. The number of pyridine rings is 3. The van der Waals surface area contributed by atoms with E-state index in [1.54, 1.807) is 0 Å². The number of hydrogen-bond acceptors (Lipinski definition) is 3. The van der Waals surface area contributed by atoms with Gasteiger partial charge in [-0.2, -0.15) is 0 Å². The van der Waals surface area contributed by atoms with E-state index in [-0.39, 0.29) is 0 Å². The second-order valence-corrected chi connectivity index (χ2v) is 12.5. The summed E-state index contributed by atoms with van der Waals surface area (Å²) < 4.78 is 0. The van der Waals surface area contributed by atoms with E-state index < -0.39 is 0 Å². The third kappa shape index (κ3) is 5.72. The van der Waals surface area contributed by atoms with Gasteiger partial charge >= 0.3 is 0 Å². The molecule has 0 unspecified atom stereocenters. The maximum Gasteiger partial charge on any atom is 0.0718 e. The van der Waals surface area contributed by atoms with Crippen LogP contribution in [-0.4, -0.2) is 15.0 Å². The Kier molecular flexibility index (Phi) is 7.49. The van der Waals surface area contributed by atoms with E-state index in [9.17, 15) is 0 Å². The monoisotopic (exact) mass is 637 g/mol. The molecule has 0 fully saturated rings. The van der Waals surface area contributed by atoms with Crippen LogP contribution in [0.2, 0.25) is 0 Å². The lowest BCUT2D eigenvalue weighted by atomic mass is 9.94. The second-order valence-electron chi connectivity index (χ2n) is 12.5. The number of nitrogens with zero attached hydrogens (tertiary/aromatic N) is 3. The molecule has 3 aromatic heterocycles. The molecule has 3 heteroatoms. The van der Waals surface area contributed by atoms with Gasteiger partial charge in [0.15, 0.2) is 0 Å². The standard InChI is InChI=1S/C47H31N3/c1-3-11-32(12-4-1)34-16-9-18-36(25-34)37-21-24-46-43(28-37)42(29-47(50-46)39-19-10-17-35(26-39)33-13-5-2-6-14-33)40-22-23-45(48-30-40)41-27-38-15-7-8-20-44(38)49-31-41/h1-31H. The Morgan fingerprint density at radius 2 is 0.880 bits per heavy atom. The Bertz CT molecular complexity index is 2630. The first-order valence-corrected chi connectivity index (χ1v) is 16.8. The van der Waals surface area contributed by atoms with Crippen molar-refractivity contribution in [2.75, 3.05) is 0 Å². The van der Waals surface area contributed by atoms with Gasteiger partial charge in [-0.1, -0.05) is 127 Å². The fourth-order valence-electron chi connectivity index (χ4n) is 6.72. The molecular weight excluding hydrogens is 607 g/mol. The molecule has 0 radical (unpaired) electrons. The Balaban J connectivity index is 1.17. The zero-order valence-corrected chi connectivity index (χ0v) is 27.2. The van der Waals surface area contributed by atoms with Gasteiger partial charge in [-0.25, -0.2) is 4.98 Å². The summed E-state index contributed by atoms with van der Waals surface area (Å²) in [5.74, 6) is 0. The van der Waals surface area contributed by atoms with Crippen LogP contribution in [0.4, 0.5) is 0 Å². The minimum absolute atomic E-state index is 0.888. The number of fused-ring (bicyclic) bond motifs is 2. The molecule has 234 valence electrons. The molecule has 3 nitrogen and oxygen atoms in total. The van der Waals surface area contributed by atoms with Crippen molar-refractivity contribution in [3.8, 4) is 67.0 Å². The van der Waals surface area contributed by atoms with Gasteiger partial charge in [0.2, 0.25) is 0 Å². The van der Waals surface area contributed by atoms with Gasteiger partial charge in [-0.3, -0.25) is 9.97 Å². The van der Waals surface area contributed by atoms with E-state index in [0.29, 0.717) is 0 Å². The number of aromatic nitrogens is 3. The van der Waals surface area contributed by atoms with Crippen LogP contribution in [-0.2, 0) is 0 Å². The molecule has 0 atom stereocenters. The fraction of sp³-hybridized carbons (Fsp3) is 0. The lowest BCUT2D eigenvalue weighted by molar-refractivity contribution is 1.30. The first kappa shape index (κ1) is 29.4. The SMILES string of the molecule is c1ccc(-c2cccc(-c3ccc4nc(-c5cccc(-c6ccccc6)c5)cc(-c5ccc(-c6cnc7ccccc7c6)nc5)c4c3)c2)cc1. The van der Waals surface area contributed by atoms with Crippen LogP contribution in [0.3, 0.4) is 0 Å². The average Bonchev–Trinajstić information content (AvgIpc) is 3.21. The number of benzene rings is 6. The summed E-state index contributed by atoms with van der Waals surface area (Å²) in [6.07, 6.45) is 3.88. The third-order valence-electron chi connectivity index (χ3n) is 9.34. The molecule has 50 heavy (non-hydrogen) atoms. The highest BCUT2D eigenvalue weighted by Gasteiger charge is 2.14. The van der Waals surface area contributed by atoms with Gasteiger partial charge < -0.3 is 0 Å². The van der Waals surface area contributed by atoms with Crippen molar-refractivity contribution < 1.29 is 0 Å². The van der Waals surface area contributed by atoms with Crippen molar-refractivity contribution in [2.45, 2.75) is 0 Å². The minimum Gasteiger partial charge on any atom is -0.256 e. The van der Waals surface area contributed by atoms with Crippen LogP contribution in [0.15, 0.2) is 188 Å². The van der Waals surface area contributed by atoms with E-state index >= 15 is 0 Å². The Hall–Kier alpha value is -6.71. The second kappa shape index (κ2) is 12.7. The highest BCUT2D eigenvalue weighted by atomic mass is 14.7. The summed E-state index contributed by atoms with van der Waals surface area (Å²) in [7, 11) is 0.